The highest BCUT2D eigenvalue weighted by molar-refractivity contribution is 7.09. The molecule has 0 radical (unpaired) electrons. The maximum atomic E-state index is 13.3. The molecule has 3 amide bonds. The molecular weight excluding hydrogens is 731 g/mol. The summed E-state index contributed by atoms with van der Waals surface area (Å²) in [5.74, 6) is -3.16. The summed E-state index contributed by atoms with van der Waals surface area (Å²) in [4.78, 5) is 67.8. The van der Waals surface area contributed by atoms with Crippen LogP contribution < -0.4 is 16.0 Å². The number of hydrogen-bond acceptors (Lipinski definition) is 9. The van der Waals surface area contributed by atoms with Crippen molar-refractivity contribution in [1.29, 1.82) is 0 Å². The molecule has 0 aliphatic heterocycles. The Kier molecular flexibility index (Phi) is 25.4. The summed E-state index contributed by atoms with van der Waals surface area (Å²) in [5.41, 5.74) is 1.39. The summed E-state index contributed by atoms with van der Waals surface area (Å²) >= 11 is 1.14. The Labute approximate surface area is 338 Å². The van der Waals surface area contributed by atoms with E-state index >= 15 is 0 Å². The molecule has 3 rings (SSSR count). The number of rotatable bonds is 22. The van der Waals surface area contributed by atoms with Gasteiger partial charge >= 0.3 is 11.9 Å². The van der Waals surface area contributed by atoms with Gasteiger partial charge in [-0.2, -0.15) is 0 Å². The van der Waals surface area contributed by atoms with Gasteiger partial charge in [0.15, 0.2) is 6.10 Å². The monoisotopic (exact) mass is 795 g/mol. The van der Waals surface area contributed by atoms with E-state index in [9.17, 15) is 29.1 Å². The molecule has 0 aliphatic carbocycles. The number of carbonyl (C=O) groups excluding carboxylic acids is 4. The second-order valence-corrected chi connectivity index (χ2v) is 15.0. The predicted molar refractivity (Wildman–Crippen MR) is 224 cm³/mol. The Morgan fingerprint density at radius 2 is 1.52 bits per heavy atom. The molecule has 4 unspecified atom stereocenters. The van der Waals surface area contributed by atoms with Crippen molar-refractivity contribution in [3.63, 3.8) is 0 Å². The van der Waals surface area contributed by atoms with Crippen LogP contribution in [-0.4, -0.2) is 83.9 Å². The molecule has 0 aliphatic rings. The third kappa shape index (κ3) is 20.3. The largest absolute Gasteiger partial charge is 0.481 e. The molecule has 56 heavy (non-hydrogen) atoms. The second kappa shape index (κ2) is 28.7. The molecule has 0 spiro atoms. The molecular formula is C43H65N5O7S. The molecule has 3 aromatic rings. The van der Waals surface area contributed by atoms with E-state index in [4.69, 9.17) is 4.74 Å². The number of benzene rings is 2. The van der Waals surface area contributed by atoms with Gasteiger partial charge in [0.1, 0.15) is 10.7 Å². The van der Waals surface area contributed by atoms with Crippen molar-refractivity contribution in [1.82, 2.24) is 25.8 Å². The van der Waals surface area contributed by atoms with E-state index in [1.54, 1.807) is 42.6 Å². The molecule has 4 atom stereocenters. The van der Waals surface area contributed by atoms with Gasteiger partial charge in [0.25, 0.3) is 5.91 Å². The van der Waals surface area contributed by atoms with Crippen LogP contribution in [0, 0.1) is 11.8 Å². The number of hydrogen-bond donors (Lipinski definition) is 4. The number of carboxylic acids is 1. The Hall–Kier alpha value is -4.62. The van der Waals surface area contributed by atoms with Gasteiger partial charge in [-0.05, 0) is 63.0 Å². The van der Waals surface area contributed by atoms with Crippen LogP contribution in [0.5, 0.6) is 0 Å². The van der Waals surface area contributed by atoms with Crippen molar-refractivity contribution >= 4 is 41.5 Å². The van der Waals surface area contributed by atoms with Gasteiger partial charge in [-0.15, -0.1) is 11.3 Å². The van der Waals surface area contributed by atoms with Crippen LogP contribution in [0.2, 0.25) is 0 Å². The molecule has 0 fully saturated rings. The molecule has 1 aromatic heterocycles. The average Bonchev–Trinajstić information content (AvgIpc) is 3.70. The molecule has 0 bridgehead atoms. The quantitative estimate of drug-likeness (QED) is 0.0602. The standard InChI is InChI=1S/C32H38N4O7S.C7H17N.C4H10/c1-20(2)25(35-28(38)17-33-19-37)16-27(43-32(42)23-12-8-5-9-13-23)30-36-26(18-44-30)29(39)34-24(14-21(3)31(40)41)15-22-10-6-4-7-11-22;1-4-6-7-8(3)5-2;1-3-4-2/h4-13,18-21,24-25,27H,14-17H2,1-3H3,(H,33,37)(H,34,39)(H,35,38)(H,40,41);4-7H2,1-3H3;3-4H2,1-2H3. The van der Waals surface area contributed by atoms with Crippen LogP contribution in [0.1, 0.15) is 125 Å². The number of nitrogens with one attached hydrogen (secondary N) is 3. The third-order valence-corrected chi connectivity index (χ3v) is 9.84. The highest BCUT2D eigenvalue weighted by Gasteiger charge is 2.29. The lowest BCUT2D eigenvalue weighted by Crippen LogP contribution is -2.43. The second-order valence-electron chi connectivity index (χ2n) is 14.1. The lowest BCUT2D eigenvalue weighted by Gasteiger charge is -2.26. The maximum Gasteiger partial charge on any atom is 0.338 e. The average molecular weight is 796 g/mol. The molecule has 4 N–H and O–H groups in total. The number of amides is 3. The van der Waals surface area contributed by atoms with E-state index < -0.39 is 47.9 Å². The van der Waals surface area contributed by atoms with Gasteiger partial charge in [-0.3, -0.25) is 19.2 Å². The smallest absolute Gasteiger partial charge is 0.338 e. The Morgan fingerprint density at radius 3 is 2.05 bits per heavy atom. The summed E-state index contributed by atoms with van der Waals surface area (Å²) in [7, 11) is 2.16. The van der Waals surface area contributed by atoms with E-state index in [0.29, 0.717) is 23.4 Å². The molecule has 2 aromatic carbocycles. The zero-order chi connectivity index (χ0) is 41.9. The lowest BCUT2D eigenvalue weighted by atomic mass is 9.96. The number of nitrogens with zero attached hydrogens (tertiary/aromatic N) is 2. The number of aliphatic carboxylic acids is 1. The highest BCUT2D eigenvalue weighted by atomic mass is 32.1. The fraction of sp³-hybridized carbons (Fsp3) is 0.535. The number of esters is 1. The third-order valence-electron chi connectivity index (χ3n) is 8.91. The summed E-state index contributed by atoms with van der Waals surface area (Å²) in [6, 6.07) is 17.0. The van der Waals surface area contributed by atoms with E-state index in [0.717, 1.165) is 16.9 Å². The van der Waals surface area contributed by atoms with Crippen molar-refractivity contribution < 1.29 is 33.8 Å². The first-order valence-corrected chi connectivity index (χ1v) is 20.6. The van der Waals surface area contributed by atoms with Crippen LogP contribution in [0.3, 0.4) is 0 Å². The fourth-order valence-electron chi connectivity index (χ4n) is 5.10. The fourth-order valence-corrected chi connectivity index (χ4v) is 5.94. The number of carboxylic acid groups (broad SMARTS) is 1. The predicted octanol–water partition coefficient (Wildman–Crippen LogP) is 7.31. The molecule has 0 saturated heterocycles. The minimum Gasteiger partial charge on any atom is -0.481 e. The van der Waals surface area contributed by atoms with Gasteiger partial charge in [-0.1, -0.05) is 116 Å². The zero-order valence-electron chi connectivity index (χ0n) is 34.6. The first-order valence-electron chi connectivity index (χ1n) is 19.7. The van der Waals surface area contributed by atoms with Crippen LogP contribution in [-0.2, 0) is 25.5 Å². The molecule has 0 saturated carbocycles. The summed E-state index contributed by atoms with van der Waals surface area (Å²) in [5, 5.41) is 19.5. The number of unbranched alkanes of at least 4 members (excludes halogenated alkanes) is 2. The van der Waals surface area contributed by atoms with Crippen molar-refractivity contribution in [2.24, 2.45) is 11.8 Å². The van der Waals surface area contributed by atoms with Gasteiger partial charge in [0.2, 0.25) is 12.3 Å². The molecule has 12 nitrogen and oxygen atoms in total. The van der Waals surface area contributed by atoms with Crippen LogP contribution >= 0.6 is 11.3 Å². The van der Waals surface area contributed by atoms with Crippen LogP contribution in [0.15, 0.2) is 66.0 Å². The first-order chi connectivity index (χ1) is 26.8. The van der Waals surface area contributed by atoms with Crippen molar-refractivity contribution in [3.8, 4) is 0 Å². The Balaban J connectivity index is 0.00000113. The maximum absolute atomic E-state index is 13.3. The van der Waals surface area contributed by atoms with Gasteiger partial charge in [0.05, 0.1) is 18.0 Å². The van der Waals surface area contributed by atoms with Crippen molar-refractivity contribution in [3.05, 3.63) is 87.9 Å². The van der Waals surface area contributed by atoms with E-state index in [1.165, 1.54) is 38.8 Å². The minimum absolute atomic E-state index is 0.0641. The number of ether oxygens (including phenoxy) is 1. The first kappa shape index (κ1) is 49.4. The Morgan fingerprint density at radius 1 is 0.893 bits per heavy atom. The van der Waals surface area contributed by atoms with Gasteiger partial charge in [-0.25, -0.2) is 9.78 Å². The summed E-state index contributed by atoms with van der Waals surface area (Å²) < 4.78 is 5.89. The molecule has 310 valence electrons. The highest BCUT2D eigenvalue weighted by Crippen LogP contribution is 2.29. The summed E-state index contributed by atoms with van der Waals surface area (Å²) in [6.07, 6.45) is 5.65. The van der Waals surface area contributed by atoms with Crippen LogP contribution in [0.4, 0.5) is 0 Å². The summed E-state index contributed by atoms with van der Waals surface area (Å²) in [6.45, 7) is 16.4. The van der Waals surface area contributed by atoms with Crippen molar-refractivity contribution in [2.75, 3.05) is 26.7 Å². The van der Waals surface area contributed by atoms with E-state index in [-0.39, 0.29) is 31.0 Å². The SMILES string of the molecule is CC(CC(Cc1ccccc1)NC(=O)c1csc(C(CC(NC(=O)CNC=O)C(C)C)OC(=O)c2ccccc2)n1)C(=O)O.CCCC.CCCCN(C)CC. The lowest BCUT2D eigenvalue weighted by molar-refractivity contribution is -0.141. The molecule has 1 heterocycles. The Bertz CT molecular complexity index is 1550. The van der Waals surface area contributed by atoms with Crippen molar-refractivity contribution in [2.45, 2.75) is 112 Å². The van der Waals surface area contributed by atoms with Gasteiger partial charge < -0.3 is 30.7 Å². The number of thiazole rings is 1. The number of aromatic nitrogens is 1. The van der Waals surface area contributed by atoms with E-state index in [1.807, 2.05) is 44.2 Å². The molecule has 13 heteroatoms. The number of carbonyl (C=O) groups is 5. The minimum atomic E-state index is -0.954. The van der Waals surface area contributed by atoms with Gasteiger partial charge in [0, 0.05) is 23.9 Å². The zero-order valence-corrected chi connectivity index (χ0v) is 35.4. The van der Waals surface area contributed by atoms with E-state index in [2.05, 4.69) is 60.6 Å². The van der Waals surface area contributed by atoms with Crippen LogP contribution in [0.25, 0.3) is 0 Å². The topological polar surface area (TPSA) is 167 Å². The normalized spacial score (nSPS) is 12.8.